The van der Waals surface area contributed by atoms with Gasteiger partial charge in [-0.15, -0.1) is 0 Å². The fourth-order valence-electron chi connectivity index (χ4n) is 2.17. The van der Waals surface area contributed by atoms with E-state index in [1.807, 2.05) is 26.0 Å². The Labute approximate surface area is 139 Å². The highest BCUT2D eigenvalue weighted by molar-refractivity contribution is 6.39. The quantitative estimate of drug-likeness (QED) is 0.843. The van der Waals surface area contributed by atoms with Gasteiger partial charge in [0.1, 0.15) is 0 Å². The van der Waals surface area contributed by atoms with Crippen LogP contribution in [0.25, 0.3) is 0 Å². The third-order valence-corrected chi connectivity index (χ3v) is 3.60. The third kappa shape index (κ3) is 4.56. The molecule has 7 heteroatoms. The van der Waals surface area contributed by atoms with Crippen LogP contribution in [-0.2, 0) is 16.6 Å². The van der Waals surface area contributed by atoms with Gasteiger partial charge >= 0.3 is 11.8 Å². The molecular weight excluding hydrogens is 316 g/mol. The van der Waals surface area contributed by atoms with Crippen molar-refractivity contribution in [3.63, 3.8) is 0 Å². The molecule has 1 heterocycles. The highest BCUT2D eigenvalue weighted by Gasteiger charge is 2.22. The number of hydrogen-bond donors (Lipinski definition) is 2. The van der Waals surface area contributed by atoms with Crippen molar-refractivity contribution in [1.82, 2.24) is 15.1 Å². The van der Waals surface area contributed by atoms with E-state index in [0.29, 0.717) is 10.8 Å². The molecule has 2 aromatic rings. The van der Waals surface area contributed by atoms with Crippen LogP contribution < -0.4 is 10.6 Å². The maximum atomic E-state index is 12.1. The van der Waals surface area contributed by atoms with Gasteiger partial charge in [-0.2, -0.15) is 5.10 Å². The molecule has 23 heavy (non-hydrogen) atoms. The van der Waals surface area contributed by atoms with Gasteiger partial charge in [0, 0.05) is 24.3 Å². The summed E-state index contributed by atoms with van der Waals surface area (Å²) >= 11 is 5.88. The van der Waals surface area contributed by atoms with Crippen molar-refractivity contribution in [2.24, 2.45) is 13.0 Å². The van der Waals surface area contributed by atoms with Crippen LogP contribution in [0, 0.1) is 5.92 Å². The summed E-state index contributed by atoms with van der Waals surface area (Å²) in [7, 11) is 1.73. The second-order valence-electron chi connectivity index (χ2n) is 5.58. The first-order chi connectivity index (χ1) is 10.9. The molecular formula is C16H19ClN4O2. The van der Waals surface area contributed by atoms with E-state index in [1.54, 1.807) is 31.4 Å². The van der Waals surface area contributed by atoms with Gasteiger partial charge in [0.05, 0.1) is 6.04 Å². The summed E-state index contributed by atoms with van der Waals surface area (Å²) in [6.07, 6.45) is 1.68. The molecule has 6 nitrogen and oxygen atoms in total. The fraction of sp³-hybridized carbons (Fsp3) is 0.312. The Morgan fingerprint density at radius 1 is 1.13 bits per heavy atom. The zero-order valence-corrected chi connectivity index (χ0v) is 14.0. The van der Waals surface area contributed by atoms with Crippen LogP contribution in [0.3, 0.4) is 0 Å². The molecule has 2 N–H and O–H groups in total. The average Bonchev–Trinajstić information content (AvgIpc) is 2.90. The van der Waals surface area contributed by atoms with Crippen molar-refractivity contribution in [2.45, 2.75) is 19.9 Å². The lowest BCUT2D eigenvalue weighted by Crippen LogP contribution is -2.39. The summed E-state index contributed by atoms with van der Waals surface area (Å²) in [5.74, 6) is -1.00. The average molecular weight is 335 g/mol. The van der Waals surface area contributed by atoms with Gasteiger partial charge in [-0.25, -0.2) is 0 Å². The number of rotatable bonds is 4. The number of carbonyl (C=O) groups is 2. The molecule has 0 aliphatic rings. The first-order valence-corrected chi connectivity index (χ1v) is 7.61. The first-order valence-electron chi connectivity index (χ1n) is 7.24. The normalized spacial score (nSPS) is 12.0. The second-order valence-corrected chi connectivity index (χ2v) is 6.01. The van der Waals surface area contributed by atoms with Crippen LogP contribution >= 0.6 is 11.6 Å². The summed E-state index contributed by atoms with van der Waals surface area (Å²) in [6, 6.07) is 8.52. The maximum absolute atomic E-state index is 12.1. The monoisotopic (exact) mass is 334 g/mol. The minimum absolute atomic E-state index is 0.114. The summed E-state index contributed by atoms with van der Waals surface area (Å²) in [5.41, 5.74) is 0.892. The number of carbonyl (C=O) groups excluding carboxylic acids is 2. The van der Waals surface area contributed by atoms with Crippen molar-refractivity contribution in [2.75, 3.05) is 5.32 Å². The number of aryl methyl sites for hydroxylation is 1. The molecule has 0 aliphatic heterocycles. The van der Waals surface area contributed by atoms with Crippen molar-refractivity contribution >= 4 is 29.2 Å². The molecule has 0 unspecified atom stereocenters. The van der Waals surface area contributed by atoms with Crippen molar-refractivity contribution in [3.8, 4) is 0 Å². The minimum atomic E-state index is -0.747. The van der Waals surface area contributed by atoms with E-state index in [9.17, 15) is 9.59 Å². The molecule has 0 saturated carbocycles. The van der Waals surface area contributed by atoms with E-state index < -0.39 is 11.8 Å². The van der Waals surface area contributed by atoms with Crippen LogP contribution in [0.4, 0.5) is 5.82 Å². The zero-order valence-electron chi connectivity index (χ0n) is 13.2. The smallest absolute Gasteiger partial charge is 0.314 e. The number of amides is 2. The number of halogens is 1. The predicted octanol–water partition coefficient (Wildman–Crippen LogP) is 2.53. The van der Waals surface area contributed by atoms with E-state index in [4.69, 9.17) is 11.6 Å². The number of benzene rings is 1. The van der Waals surface area contributed by atoms with Gasteiger partial charge in [-0.3, -0.25) is 14.3 Å². The lowest BCUT2D eigenvalue weighted by molar-refractivity contribution is -0.136. The standard InChI is InChI=1S/C16H19ClN4O2/c1-10(2)14(11-4-6-12(17)7-5-11)19-16(23)15(22)18-13-8-9-21(3)20-13/h4-10,14H,1-3H3,(H,19,23)(H,18,20,22)/t14-/m1/s1. The second kappa shape index (κ2) is 7.28. The van der Waals surface area contributed by atoms with E-state index in [2.05, 4.69) is 15.7 Å². The molecule has 1 aromatic heterocycles. The van der Waals surface area contributed by atoms with Crippen LogP contribution in [0.2, 0.25) is 5.02 Å². The van der Waals surface area contributed by atoms with Crippen LogP contribution in [0.5, 0.6) is 0 Å². The Hall–Kier alpha value is -2.34. The van der Waals surface area contributed by atoms with Crippen LogP contribution in [0.15, 0.2) is 36.5 Å². The third-order valence-electron chi connectivity index (χ3n) is 3.34. The maximum Gasteiger partial charge on any atom is 0.314 e. The molecule has 1 atom stereocenters. The summed E-state index contributed by atoms with van der Waals surface area (Å²) in [6.45, 7) is 3.94. The highest BCUT2D eigenvalue weighted by atomic mass is 35.5. The van der Waals surface area contributed by atoms with Gasteiger partial charge in [0.25, 0.3) is 0 Å². The zero-order chi connectivity index (χ0) is 17.0. The Balaban J connectivity index is 2.05. The number of aromatic nitrogens is 2. The molecule has 2 amide bonds. The molecule has 0 saturated heterocycles. The number of nitrogens with one attached hydrogen (secondary N) is 2. The van der Waals surface area contributed by atoms with Crippen LogP contribution in [0.1, 0.15) is 25.5 Å². The molecule has 0 fully saturated rings. The van der Waals surface area contributed by atoms with E-state index >= 15 is 0 Å². The van der Waals surface area contributed by atoms with Gasteiger partial charge in [-0.05, 0) is 23.6 Å². The molecule has 0 radical (unpaired) electrons. The largest absolute Gasteiger partial charge is 0.341 e. The number of hydrogen-bond acceptors (Lipinski definition) is 3. The van der Waals surface area contributed by atoms with Gasteiger partial charge in [0.15, 0.2) is 5.82 Å². The summed E-state index contributed by atoms with van der Waals surface area (Å²) in [5, 5.41) is 9.84. The lowest BCUT2D eigenvalue weighted by atomic mass is 9.96. The SMILES string of the molecule is CC(C)[C@@H](NC(=O)C(=O)Nc1ccn(C)n1)c1ccc(Cl)cc1. The molecule has 2 rings (SSSR count). The Morgan fingerprint density at radius 2 is 1.78 bits per heavy atom. The van der Waals surface area contributed by atoms with E-state index in [1.165, 1.54) is 4.68 Å². The van der Waals surface area contributed by atoms with Gasteiger partial charge in [0.2, 0.25) is 0 Å². The van der Waals surface area contributed by atoms with Crippen molar-refractivity contribution in [3.05, 3.63) is 47.1 Å². The van der Waals surface area contributed by atoms with E-state index in [0.717, 1.165) is 5.56 Å². The topological polar surface area (TPSA) is 76.0 Å². The molecule has 0 bridgehead atoms. The number of nitrogens with zero attached hydrogens (tertiary/aromatic N) is 2. The predicted molar refractivity (Wildman–Crippen MR) is 89.0 cm³/mol. The van der Waals surface area contributed by atoms with Gasteiger partial charge in [-0.1, -0.05) is 37.6 Å². The molecule has 1 aromatic carbocycles. The summed E-state index contributed by atoms with van der Waals surface area (Å²) < 4.78 is 1.54. The van der Waals surface area contributed by atoms with Gasteiger partial charge < -0.3 is 10.6 Å². The van der Waals surface area contributed by atoms with Crippen molar-refractivity contribution < 1.29 is 9.59 Å². The summed E-state index contributed by atoms with van der Waals surface area (Å²) in [4.78, 5) is 24.1. The lowest BCUT2D eigenvalue weighted by Gasteiger charge is -2.22. The van der Waals surface area contributed by atoms with Crippen molar-refractivity contribution in [1.29, 1.82) is 0 Å². The molecule has 122 valence electrons. The Kier molecular flexibility index (Phi) is 5.39. The minimum Gasteiger partial charge on any atom is -0.341 e. The van der Waals surface area contributed by atoms with Crippen LogP contribution in [-0.4, -0.2) is 21.6 Å². The Morgan fingerprint density at radius 3 is 2.30 bits per heavy atom. The molecule has 0 aliphatic carbocycles. The highest BCUT2D eigenvalue weighted by Crippen LogP contribution is 2.23. The first kappa shape index (κ1) is 17.0. The Bertz CT molecular complexity index is 694. The number of anilines is 1. The fourth-order valence-corrected chi connectivity index (χ4v) is 2.29. The molecule has 0 spiro atoms. The van der Waals surface area contributed by atoms with E-state index in [-0.39, 0.29) is 12.0 Å².